The van der Waals surface area contributed by atoms with Crippen LogP contribution in [-0.2, 0) is 27.6 Å². The molecule has 0 N–H and O–H groups in total. The van der Waals surface area contributed by atoms with Crippen LogP contribution in [0.3, 0.4) is 0 Å². The van der Waals surface area contributed by atoms with Gasteiger partial charge in [0.1, 0.15) is 0 Å². The summed E-state index contributed by atoms with van der Waals surface area (Å²) >= 11 is 0. The molecule has 0 saturated heterocycles. The van der Waals surface area contributed by atoms with E-state index in [2.05, 4.69) is 110 Å². The van der Waals surface area contributed by atoms with E-state index in [9.17, 15) is 0 Å². The second-order valence-electron chi connectivity index (χ2n) is 13.8. The molecule has 242 valence electrons. The molecule has 6 nitrogen and oxygen atoms in total. The minimum atomic E-state index is -2.88. The molecule has 0 bridgehead atoms. The van der Waals surface area contributed by atoms with Gasteiger partial charge in [-0.3, -0.25) is 0 Å². The van der Waals surface area contributed by atoms with Gasteiger partial charge in [-0.2, -0.15) is 0 Å². The molecule has 4 atom stereocenters. The first-order chi connectivity index (χ1) is 20.6. The van der Waals surface area contributed by atoms with Gasteiger partial charge in [-0.15, -0.1) is 0 Å². The third-order valence-electron chi connectivity index (χ3n) is 8.61. The Morgan fingerprint density at radius 1 is 0.795 bits per heavy atom. The molecule has 0 aliphatic carbocycles. The van der Waals surface area contributed by atoms with E-state index in [-0.39, 0.29) is 16.7 Å². The Kier molecular flexibility index (Phi) is 15.4. The molecule has 0 aliphatic rings. The summed E-state index contributed by atoms with van der Waals surface area (Å²) in [6, 6.07) is 21.2. The number of methoxy groups -OCH3 is 2. The van der Waals surface area contributed by atoms with Crippen LogP contribution in [0.5, 0.6) is 0 Å². The second kappa shape index (κ2) is 17.3. The van der Waals surface area contributed by atoms with Gasteiger partial charge in [0.15, 0.2) is 0 Å². The Bertz CT molecular complexity index is 1140. The third-order valence-corrected chi connectivity index (χ3v) is 18.6. The number of ether oxygens (including phenoxy) is 3. The molecule has 0 aliphatic heterocycles. The zero-order valence-electron chi connectivity index (χ0n) is 29.0. The van der Waals surface area contributed by atoms with Crippen molar-refractivity contribution in [1.29, 1.82) is 0 Å². The zero-order valence-corrected chi connectivity index (χ0v) is 31.9. The molecule has 11 heteroatoms. The molecule has 0 spiro atoms. The number of rotatable bonds is 17. The van der Waals surface area contributed by atoms with Gasteiger partial charge in [-0.05, 0) is 0 Å². The summed E-state index contributed by atoms with van der Waals surface area (Å²) in [6.45, 7) is 20.8. The molecule has 0 amide bonds. The summed E-state index contributed by atoms with van der Waals surface area (Å²) < 4.78 is 39.0. The van der Waals surface area contributed by atoms with Gasteiger partial charge in [-0.1, -0.05) is 0 Å². The predicted octanol–water partition coefficient (Wildman–Crippen LogP) is 6.71. The van der Waals surface area contributed by atoms with E-state index in [1.807, 2.05) is 12.1 Å². The van der Waals surface area contributed by atoms with E-state index in [0.29, 0.717) is 6.61 Å². The van der Waals surface area contributed by atoms with Crippen LogP contribution in [-0.4, -0.2) is 83.2 Å². The molecule has 0 heterocycles. The van der Waals surface area contributed by atoms with Crippen molar-refractivity contribution in [2.45, 2.75) is 109 Å². The summed E-state index contributed by atoms with van der Waals surface area (Å²) in [5.41, 5.74) is 0. The monoisotopic (exact) mass is 656 g/mol. The molecule has 1 unspecified atom stereocenters. The first kappa shape index (κ1) is 39.2. The molecule has 2 radical (unpaired) electrons. The van der Waals surface area contributed by atoms with Gasteiger partial charge in [-0.25, -0.2) is 0 Å². The molecule has 0 aromatic heterocycles. The van der Waals surface area contributed by atoms with Crippen LogP contribution in [0, 0.1) is 0 Å². The third kappa shape index (κ3) is 10.0. The summed E-state index contributed by atoms with van der Waals surface area (Å²) in [5.74, 6) is 0. The Hall–Kier alpha value is -0.936. The van der Waals surface area contributed by atoms with Crippen molar-refractivity contribution >= 4 is 48.9 Å². The topological polar surface area (TPSA) is 55.4 Å². The zero-order chi connectivity index (χ0) is 33.2. The molecule has 0 saturated carbocycles. The second-order valence-corrected chi connectivity index (χ2v) is 23.8. The fourth-order valence-electron chi connectivity index (χ4n) is 5.23. The van der Waals surface area contributed by atoms with E-state index in [0.717, 1.165) is 12.8 Å². The van der Waals surface area contributed by atoms with E-state index in [4.69, 9.17) is 42.2 Å². The van der Waals surface area contributed by atoms with Crippen molar-refractivity contribution in [3.05, 3.63) is 60.7 Å². The molecule has 44 heavy (non-hydrogen) atoms. The fourth-order valence-corrected chi connectivity index (χ4v) is 11.6. The normalized spacial score (nSPS) is 15.7. The SMILES string of the molecule is [B]P(#B)O[C@@H](C(OC)OC)[C@H](O[Si](C)(C)C(C)(C)C)[C@H](CO[Si](c1ccccc1)(c1ccccc1)C(C)(C)C)OCCCC. The van der Waals surface area contributed by atoms with Gasteiger partial charge in [0.2, 0.25) is 0 Å². The van der Waals surface area contributed by atoms with Crippen LogP contribution in [0.4, 0.5) is 0 Å². The number of hydrogen-bond acceptors (Lipinski definition) is 6. The quantitative estimate of drug-likeness (QED) is 0.0818. The van der Waals surface area contributed by atoms with Crippen LogP contribution in [0.25, 0.3) is 0 Å². The molecular weight excluding hydrogens is 601 g/mol. The maximum atomic E-state index is 7.40. The van der Waals surface area contributed by atoms with E-state index >= 15 is 0 Å². The number of benzene rings is 2. The molecule has 2 rings (SSSR count). The summed E-state index contributed by atoms with van der Waals surface area (Å²) in [7, 11) is 8.32. The summed E-state index contributed by atoms with van der Waals surface area (Å²) in [6.07, 6.45) is -0.808. The number of hydrogen-bond donors (Lipinski definition) is 0. The Balaban J connectivity index is 2.77. The van der Waals surface area contributed by atoms with E-state index in [1.165, 1.54) is 10.4 Å². The maximum absolute atomic E-state index is 7.40. The molecule has 2 aromatic carbocycles. The van der Waals surface area contributed by atoms with Gasteiger partial charge in [0.25, 0.3) is 0 Å². The van der Waals surface area contributed by atoms with Crippen LogP contribution < -0.4 is 10.4 Å². The average molecular weight is 657 g/mol. The van der Waals surface area contributed by atoms with Crippen molar-refractivity contribution in [3.8, 4) is 0 Å². The molecule has 0 fully saturated rings. The molecular formula is C33H55B2O6PSi2. The summed E-state index contributed by atoms with van der Waals surface area (Å²) in [5, 5.41) is 2.09. The van der Waals surface area contributed by atoms with Crippen molar-refractivity contribution in [2.75, 3.05) is 27.4 Å². The fraction of sp³-hybridized carbons (Fsp3) is 0.636. The Labute approximate surface area is 273 Å². The van der Waals surface area contributed by atoms with Crippen LogP contribution in [0.1, 0.15) is 61.3 Å². The van der Waals surface area contributed by atoms with Gasteiger partial charge >= 0.3 is 274 Å². The molecule has 2 aromatic rings. The van der Waals surface area contributed by atoms with Crippen molar-refractivity contribution < 1.29 is 27.6 Å². The predicted molar refractivity (Wildman–Crippen MR) is 191 cm³/mol. The summed E-state index contributed by atoms with van der Waals surface area (Å²) in [4.78, 5) is 0. The first-order valence-electron chi connectivity index (χ1n) is 15.6. The van der Waals surface area contributed by atoms with Crippen LogP contribution in [0.2, 0.25) is 23.2 Å². The average Bonchev–Trinajstić information content (AvgIpc) is 2.95. The minimum absolute atomic E-state index is 0.0889. The van der Waals surface area contributed by atoms with E-state index < -0.39 is 48.6 Å². The van der Waals surface area contributed by atoms with Crippen molar-refractivity contribution in [3.63, 3.8) is 0 Å². The van der Waals surface area contributed by atoms with Gasteiger partial charge in [0, 0.05) is 0 Å². The first-order valence-corrected chi connectivity index (χ1v) is 21.8. The van der Waals surface area contributed by atoms with Crippen molar-refractivity contribution in [2.24, 2.45) is 0 Å². The van der Waals surface area contributed by atoms with Crippen LogP contribution >= 0.6 is 7.34 Å². The van der Waals surface area contributed by atoms with Crippen LogP contribution in [0.15, 0.2) is 60.7 Å². The standard InChI is InChI=1S/C33H55B2O6PSi2/c1-12-13-24-38-28(29(41-43(10,11)32(2,3)4)30(40-42(34)35)31(36-8)37-9)25-39-44(33(5,6)7,26-20-16-14-17-21-26)27-22-18-15-19-23-27/h14-23,28-31H,12-13,24-25H2,1-11H3/t28-,29+,30+/m0/s1. The number of unbranched alkanes of at least 4 members (excludes halogenated alkanes) is 1. The van der Waals surface area contributed by atoms with E-state index in [1.54, 1.807) is 14.2 Å². The Morgan fingerprint density at radius 2 is 1.30 bits per heavy atom. The Morgan fingerprint density at radius 3 is 1.68 bits per heavy atom. The van der Waals surface area contributed by atoms with Crippen molar-refractivity contribution in [1.82, 2.24) is 0 Å². The van der Waals surface area contributed by atoms with Gasteiger partial charge in [0.05, 0.1) is 0 Å². The van der Waals surface area contributed by atoms with Gasteiger partial charge < -0.3 is 0 Å².